The van der Waals surface area contributed by atoms with Crippen LogP contribution in [0.5, 0.6) is 0 Å². The van der Waals surface area contributed by atoms with Crippen LogP contribution < -0.4 is 0 Å². The van der Waals surface area contributed by atoms with E-state index in [1.807, 2.05) is 39.8 Å². The zero-order valence-electron chi connectivity index (χ0n) is 15.2. The summed E-state index contributed by atoms with van der Waals surface area (Å²) in [6.07, 6.45) is 11.7. The summed E-state index contributed by atoms with van der Waals surface area (Å²) < 4.78 is 0. The quantitative estimate of drug-likeness (QED) is 0.467. The molecule has 0 rings (SSSR count). The van der Waals surface area contributed by atoms with Crippen LogP contribution in [0.25, 0.3) is 0 Å². The summed E-state index contributed by atoms with van der Waals surface area (Å²) in [6, 6.07) is 0. The second kappa shape index (κ2) is 11.1. The molecule has 0 aliphatic carbocycles. The lowest BCUT2D eigenvalue weighted by molar-refractivity contribution is -0.114. The lowest BCUT2D eigenvalue weighted by Gasteiger charge is -2.18. The largest absolute Gasteiger partial charge is 0.392 e. The fourth-order valence-electron chi connectivity index (χ4n) is 2.15. The highest BCUT2D eigenvalue weighted by Crippen LogP contribution is 2.17. The van der Waals surface area contributed by atoms with E-state index in [0.29, 0.717) is 12.8 Å². The van der Waals surface area contributed by atoms with Gasteiger partial charge in [-0.15, -0.1) is 0 Å². The number of carbonyl (C=O) groups excluding carboxylic acids is 1. The van der Waals surface area contributed by atoms with Crippen LogP contribution in [0, 0.1) is 0 Å². The third-order valence-electron chi connectivity index (χ3n) is 3.40. The first-order valence-corrected chi connectivity index (χ1v) is 8.16. The Kier molecular flexibility index (Phi) is 10.4. The molecule has 3 nitrogen and oxygen atoms in total. The minimum absolute atomic E-state index is 0.0472. The molecule has 1 atom stereocenters. The highest BCUT2D eigenvalue weighted by atomic mass is 16.3. The summed E-state index contributed by atoms with van der Waals surface area (Å²) in [5.74, 6) is 0.122. The van der Waals surface area contributed by atoms with Gasteiger partial charge in [-0.2, -0.15) is 0 Å². The van der Waals surface area contributed by atoms with Gasteiger partial charge < -0.3 is 10.2 Å². The highest BCUT2D eigenvalue weighted by Gasteiger charge is 2.14. The Labute approximate surface area is 141 Å². The maximum absolute atomic E-state index is 11.7. The van der Waals surface area contributed by atoms with Gasteiger partial charge in [-0.25, -0.2) is 0 Å². The van der Waals surface area contributed by atoms with Crippen LogP contribution in [0.4, 0.5) is 0 Å². The van der Waals surface area contributed by atoms with Crippen molar-refractivity contribution >= 4 is 5.78 Å². The molecule has 0 aromatic rings. The molecule has 0 radical (unpaired) electrons. The molecule has 0 saturated heterocycles. The molecule has 0 aliphatic heterocycles. The second-order valence-electron chi connectivity index (χ2n) is 6.65. The number of rotatable bonds is 10. The zero-order chi connectivity index (χ0) is 17.9. The topological polar surface area (TPSA) is 57.5 Å². The monoisotopic (exact) mass is 320 g/mol. The van der Waals surface area contributed by atoms with Crippen molar-refractivity contribution in [1.29, 1.82) is 0 Å². The van der Waals surface area contributed by atoms with Crippen LogP contribution in [0.15, 0.2) is 47.1 Å². The molecular formula is C20H32O3. The van der Waals surface area contributed by atoms with Gasteiger partial charge in [0.1, 0.15) is 0 Å². The molecule has 0 fully saturated rings. The van der Waals surface area contributed by atoms with Gasteiger partial charge in [-0.3, -0.25) is 4.79 Å². The van der Waals surface area contributed by atoms with E-state index in [-0.39, 0.29) is 12.4 Å². The van der Waals surface area contributed by atoms with Gasteiger partial charge in [0.05, 0.1) is 12.2 Å². The molecule has 2 N–H and O–H groups in total. The third-order valence-corrected chi connectivity index (χ3v) is 3.40. The maximum atomic E-state index is 11.7. The smallest absolute Gasteiger partial charge is 0.159 e. The van der Waals surface area contributed by atoms with Gasteiger partial charge in [0, 0.05) is 6.42 Å². The van der Waals surface area contributed by atoms with E-state index >= 15 is 0 Å². The van der Waals surface area contributed by atoms with E-state index in [9.17, 15) is 9.90 Å². The van der Waals surface area contributed by atoms with Crippen LogP contribution >= 0.6 is 0 Å². The van der Waals surface area contributed by atoms with Crippen molar-refractivity contribution in [2.75, 3.05) is 6.61 Å². The molecule has 1 unspecified atom stereocenters. The first kappa shape index (κ1) is 21.6. The van der Waals surface area contributed by atoms with Gasteiger partial charge >= 0.3 is 0 Å². The second-order valence-corrected chi connectivity index (χ2v) is 6.65. The van der Waals surface area contributed by atoms with E-state index in [2.05, 4.69) is 0 Å². The fourth-order valence-corrected chi connectivity index (χ4v) is 2.15. The van der Waals surface area contributed by atoms with Gasteiger partial charge in [-0.1, -0.05) is 41.0 Å². The normalized spacial score (nSPS) is 15.6. The van der Waals surface area contributed by atoms with Crippen molar-refractivity contribution in [3.8, 4) is 0 Å². The predicted molar refractivity (Wildman–Crippen MR) is 97.3 cm³/mol. The summed E-state index contributed by atoms with van der Waals surface area (Å²) in [4.78, 5) is 11.7. The fraction of sp³-hybridized carbons (Fsp3) is 0.550. The van der Waals surface area contributed by atoms with Crippen molar-refractivity contribution < 1.29 is 15.0 Å². The first-order valence-electron chi connectivity index (χ1n) is 8.16. The molecule has 0 bridgehead atoms. The van der Waals surface area contributed by atoms with Gasteiger partial charge in [-0.05, 0) is 60.0 Å². The molecule has 0 amide bonds. The average molecular weight is 320 g/mol. The van der Waals surface area contributed by atoms with E-state index in [4.69, 9.17) is 5.11 Å². The molecule has 0 saturated carbocycles. The summed E-state index contributed by atoms with van der Waals surface area (Å²) in [5, 5.41) is 19.1. The van der Waals surface area contributed by atoms with Crippen LogP contribution in [-0.2, 0) is 4.79 Å². The molecule has 23 heavy (non-hydrogen) atoms. The summed E-state index contributed by atoms with van der Waals surface area (Å²) in [7, 11) is 0. The molecule has 130 valence electrons. The average Bonchev–Trinajstić information content (AvgIpc) is 2.36. The molecular weight excluding hydrogens is 288 g/mol. The Morgan fingerprint density at radius 2 is 1.74 bits per heavy atom. The first-order chi connectivity index (χ1) is 10.7. The number of hydrogen-bond acceptors (Lipinski definition) is 3. The highest BCUT2D eigenvalue weighted by molar-refractivity contribution is 5.91. The van der Waals surface area contributed by atoms with Crippen LogP contribution in [-0.4, -0.2) is 28.2 Å². The van der Waals surface area contributed by atoms with E-state index in [1.165, 1.54) is 0 Å². The van der Waals surface area contributed by atoms with E-state index in [0.717, 1.165) is 29.6 Å². The molecule has 0 aliphatic rings. The lowest BCUT2D eigenvalue weighted by Crippen LogP contribution is -2.20. The van der Waals surface area contributed by atoms with Crippen LogP contribution in [0.1, 0.15) is 60.3 Å². The maximum Gasteiger partial charge on any atom is 0.159 e. The molecule has 3 heteroatoms. The number of aliphatic hydroxyl groups excluding tert-OH is 1. The Morgan fingerprint density at radius 1 is 1.09 bits per heavy atom. The number of hydrogen-bond donors (Lipinski definition) is 2. The van der Waals surface area contributed by atoms with Gasteiger partial charge in [0.15, 0.2) is 5.78 Å². The van der Waals surface area contributed by atoms with Crippen molar-refractivity contribution in [3.05, 3.63) is 47.1 Å². The Balaban J connectivity index is 4.34. The van der Waals surface area contributed by atoms with Gasteiger partial charge in [0.2, 0.25) is 0 Å². The lowest BCUT2D eigenvalue weighted by atomic mass is 9.97. The van der Waals surface area contributed by atoms with E-state index < -0.39 is 5.60 Å². The van der Waals surface area contributed by atoms with Crippen molar-refractivity contribution in [3.63, 3.8) is 0 Å². The molecule has 0 aromatic carbocycles. The number of allylic oxidation sites excluding steroid dienone is 6. The molecule has 0 spiro atoms. The summed E-state index contributed by atoms with van der Waals surface area (Å²) in [5.41, 5.74) is 2.27. The Bertz CT molecular complexity index is 487. The Hall–Kier alpha value is -1.45. The standard InChI is InChI=1S/C20H32O3/c1-16(2)14-19(22)15-18(4)9-7-12-20(5,23)11-6-8-17(3)10-13-21/h6,9-11,14,21,23H,7-8,12-13,15H2,1-5H3. The third kappa shape index (κ3) is 12.8. The molecule has 0 aromatic heterocycles. The molecule has 0 heterocycles. The van der Waals surface area contributed by atoms with Gasteiger partial charge in [0.25, 0.3) is 0 Å². The van der Waals surface area contributed by atoms with Crippen molar-refractivity contribution in [2.24, 2.45) is 0 Å². The predicted octanol–water partition coefficient (Wildman–Crippen LogP) is 4.27. The summed E-state index contributed by atoms with van der Waals surface area (Å²) in [6.45, 7) is 9.56. The minimum atomic E-state index is -0.861. The number of carbonyl (C=O) groups is 1. The number of ketones is 1. The Morgan fingerprint density at radius 3 is 2.30 bits per heavy atom. The summed E-state index contributed by atoms with van der Waals surface area (Å²) >= 11 is 0. The zero-order valence-corrected chi connectivity index (χ0v) is 15.2. The minimum Gasteiger partial charge on any atom is -0.392 e. The van der Waals surface area contributed by atoms with Crippen LogP contribution in [0.3, 0.4) is 0 Å². The van der Waals surface area contributed by atoms with Crippen LogP contribution in [0.2, 0.25) is 0 Å². The number of aliphatic hydroxyl groups is 2. The van der Waals surface area contributed by atoms with E-state index in [1.54, 1.807) is 25.2 Å². The SMILES string of the molecule is CC(C)=CC(=O)CC(C)=CCCC(C)(O)C=CCC(C)=CCO. The van der Waals surface area contributed by atoms with Crippen molar-refractivity contribution in [2.45, 2.75) is 65.9 Å². The van der Waals surface area contributed by atoms with Crippen molar-refractivity contribution in [1.82, 2.24) is 0 Å².